The average Bonchev–Trinajstić information content (AvgIpc) is 2.41. The van der Waals surface area contributed by atoms with Crippen LogP contribution in [-0.4, -0.2) is 50.9 Å². The summed E-state index contributed by atoms with van der Waals surface area (Å²) in [6, 6.07) is 0. The van der Waals surface area contributed by atoms with Crippen LogP contribution in [-0.2, 0) is 4.74 Å². The fraction of sp³-hybridized carbons (Fsp3) is 0.938. The zero-order chi connectivity index (χ0) is 16.0. The van der Waals surface area contributed by atoms with Gasteiger partial charge in [-0.1, -0.05) is 13.3 Å². The maximum Gasteiger partial charge on any atom is 0.191 e. The molecule has 0 aromatic carbocycles. The van der Waals surface area contributed by atoms with Crippen LogP contribution in [0.15, 0.2) is 4.99 Å². The van der Waals surface area contributed by atoms with E-state index in [2.05, 4.69) is 55.6 Å². The summed E-state index contributed by atoms with van der Waals surface area (Å²) in [6.07, 6.45) is 3.31. The van der Waals surface area contributed by atoms with Crippen LogP contribution in [0.5, 0.6) is 0 Å². The molecule has 22 heavy (non-hydrogen) atoms. The normalized spacial score (nSPS) is 12.0. The number of halogens is 1. The largest absolute Gasteiger partial charge is 0.381 e. The molecule has 0 aliphatic carbocycles. The third-order valence-corrected chi connectivity index (χ3v) is 2.78. The summed E-state index contributed by atoms with van der Waals surface area (Å²) in [5.41, 5.74) is 0.160. The predicted octanol–water partition coefficient (Wildman–Crippen LogP) is 2.75. The number of hydrogen-bond donors (Lipinski definition) is 3. The van der Waals surface area contributed by atoms with Crippen LogP contribution in [0.2, 0.25) is 0 Å². The number of unbranched alkanes of at least 4 members (excludes halogenated alkanes) is 1. The molecule has 0 aliphatic rings. The Bertz CT molecular complexity index is 267. The van der Waals surface area contributed by atoms with E-state index < -0.39 is 0 Å². The number of nitrogens with zero attached hydrogens (tertiary/aromatic N) is 1. The van der Waals surface area contributed by atoms with Crippen LogP contribution in [0.1, 0.15) is 53.9 Å². The Labute approximate surface area is 154 Å². The van der Waals surface area contributed by atoms with Crippen LogP contribution < -0.4 is 16.0 Å². The molecule has 6 heteroatoms. The standard InChI is InChI=1S/C16H36N4O.HI/c1-6-8-13-21-14-9-10-18-15(17-7-2)19-11-12-20-16(3,4)5;/h20H,6-14H2,1-5H3,(H2,17,18,19);1H. The Morgan fingerprint density at radius 1 is 1.00 bits per heavy atom. The molecule has 0 atom stereocenters. The van der Waals surface area contributed by atoms with Gasteiger partial charge >= 0.3 is 0 Å². The van der Waals surface area contributed by atoms with Crippen molar-refractivity contribution < 1.29 is 4.74 Å². The number of nitrogens with one attached hydrogen (secondary N) is 3. The first-order valence-corrected chi connectivity index (χ1v) is 8.34. The minimum atomic E-state index is 0. The minimum Gasteiger partial charge on any atom is -0.381 e. The van der Waals surface area contributed by atoms with Gasteiger partial charge in [0.25, 0.3) is 0 Å². The third kappa shape index (κ3) is 18.0. The van der Waals surface area contributed by atoms with E-state index in [1.165, 1.54) is 6.42 Å². The maximum atomic E-state index is 5.53. The van der Waals surface area contributed by atoms with E-state index >= 15 is 0 Å². The number of aliphatic imine (C=N–C) groups is 1. The Morgan fingerprint density at radius 3 is 2.27 bits per heavy atom. The van der Waals surface area contributed by atoms with Gasteiger partial charge in [-0.3, -0.25) is 4.99 Å². The number of ether oxygens (including phenoxy) is 1. The van der Waals surface area contributed by atoms with Gasteiger partial charge in [0, 0.05) is 44.9 Å². The van der Waals surface area contributed by atoms with Crippen molar-refractivity contribution in [1.29, 1.82) is 0 Å². The van der Waals surface area contributed by atoms with Crippen LogP contribution >= 0.6 is 24.0 Å². The van der Waals surface area contributed by atoms with E-state index in [-0.39, 0.29) is 29.5 Å². The molecule has 0 bridgehead atoms. The van der Waals surface area contributed by atoms with Crippen molar-refractivity contribution in [1.82, 2.24) is 16.0 Å². The van der Waals surface area contributed by atoms with Gasteiger partial charge in [0.05, 0.1) is 0 Å². The van der Waals surface area contributed by atoms with Crippen molar-refractivity contribution in [3.63, 3.8) is 0 Å². The lowest BCUT2D eigenvalue weighted by molar-refractivity contribution is 0.130. The molecule has 3 N–H and O–H groups in total. The van der Waals surface area contributed by atoms with Gasteiger partial charge in [-0.2, -0.15) is 0 Å². The lowest BCUT2D eigenvalue weighted by Gasteiger charge is -2.21. The molecule has 0 amide bonds. The highest BCUT2D eigenvalue weighted by Gasteiger charge is 2.07. The van der Waals surface area contributed by atoms with Gasteiger partial charge < -0.3 is 20.7 Å². The fourth-order valence-corrected chi connectivity index (χ4v) is 1.67. The van der Waals surface area contributed by atoms with Crippen LogP contribution in [0.25, 0.3) is 0 Å². The lowest BCUT2D eigenvalue weighted by Crippen LogP contribution is -2.44. The molecule has 0 rings (SSSR count). The number of guanidine groups is 1. The van der Waals surface area contributed by atoms with Crippen LogP contribution in [0.3, 0.4) is 0 Å². The van der Waals surface area contributed by atoms with E-state index in [0.29, 0.717) is 0 Å². The fourth-order valence-electron chi connectivity index (χ4n) is 1.67. The third-order valence-electron chi connectivity index (χ3n) is 2.78. The molecule has 0 saturated heterocycles. The average molecular weight is 428 g/mol. The van der Waals surface area contributed by atoms with E-state index in [1.54, 1.807) is 0 Å². The Hall–Kier alpha value is -0.0800. The molecule has 0 saturated carbocycles. The molecule has 0 heterocycles. The molecule has 134 valence electrons. The van der Waals surface area contributed by atoms with Crippen LogP contribution in [0.4, 0.5) is 0 Å². The van der Waals surface area contributed by atoms with Gasteiger partial charge in [-0.25, -0.2) is 0 Å². The zero-order valence-electron chi connectivity index (χ0n) is 15.1. The van der Waals surface area contributed by atoms with Crippen molar-refractivity contribution in [3.05, 3.63) is 0 Å². The summed E-state index contributed by atoms with van der Waals surface area (Å²) in [4.78, 5) is 4.55. The van der Waals surface area contributed by atoms with Gasteiger partial charge in [-0.05, 0) is 40.5 Å². The molecule has 0 aliphatic heterocycles. The van der Waals surface area contributed by atoms with Crippen molar-refractivity contribution in [2.45, 2.75) is 59.4 Å². The second kappa shape index (κ2) is 15.8. The van der Waals surface area contributed by atoms with Gasteiger partial charge in [0.2, 0.25) is 0 Å². The summed E-state index contributed by atoms with van der Waals surface area (Å²) < 4.78 is 5.53. The highest BCUT2D eigenvalue weighted by atomic mass is 127. The maximum absolute atomic E-state index is 5.53. The van der Waals surface area contributed by atoms with Gasteiger partial charge in [0.1, 0.15) is 0 Å². The highest BCUT2D eigenvalue weighted by Crippen LogP contribution is 1.96. The topological polar surface area (TPSA) is 57.7 Å². The summed E-state index contributed by atoms with van der Waals surface area (Å²) in [5, 5.41) is 10.1. The van der Waals surface area contributed by atoms with E-state index in [9.17, 15) is 0 Å². The Balaban J connectivity index is 0. The number of hydrogen-bond acceptors (Lipinski definition) is 3. The first kappa shape index (κ1) is 24.2. The molecule has 0 aromatic heterocycles. The summed E-state index contributed by atoms with van der Waals surface area (Å²) in [7, 11) is 0. The van der Waals surface area contributed by atoms with Crippen molar-refractivity contribution in [3.8, 4) is 0 Å². The molecular formula is C16H37IN4O. The van der Waals surface area contributed by atoms with E-state index in [1.807, 2.05) is 0 Å². The van der Waals surface area contributed by atoms with Crippen molar-refractivity contribution in [2.24, 2.45) is 4.99 Å². The van der Waals surface area contributed by atoms with Crippen molar-refractivity contribution >= 4 is 29.9 Å². The van der Waals surface area contributed by atoms with Gasteiger partial charge in [-0.15, -0.1) is 24.0 Å². The van der Waals surface area contributed by atoms with E-state index in [4.69, 9.17) is 4.74 Å². The predicted molar refractivity (Wildman–Crippen MR) is 107 cm³/mol. The molecule has 5 nitrogen and oxygen atoms in total. The summed E-state index contributed by atoms with van der Waals surface area (Å²) >= 11 is 0. The molecule has 0 fully saturated rings. The summed E-state index contributed by atoms with van der Waals surface area (Å²) in [6.45, 7) is 15.9. The molecule has 0 radical (unpaired) electrons. The molecule has 0 unspecified atom stereocenters. The Kier molecular flexibility index (Phi) is 17.4. The first-order chi connectivity index (χ1) is 9.99. The molecule has 0 aromatic rings. The second-order valence-corrected chi connectivity index (χ2v) is 6.18. The van der Waals surface area contributed by atoms with E-state index in [0.717, 1.165) is 58.2 Å². The quantitative estimate of drug-likeness (QED) is 0.205. The monoisotopic (exact) mass is 428 g/mol. The first-order valence-electron chi connectivity index (χ1n) is 8.34. The minimum absolute atomic E-state index is 0. The smallest absolute Gasteiger partial charge is 0.191 e. The summed E-state index contributed by atoms with van der Waals surface area (Å²) in [5.74, 6) is 0.891. The SMILES string of the molecule is CCCCOCCCN=C(NCC)NCCNC(C)(C)C.I. The van der Waals surface area contributed by atoms with Crippen molar-refractivity contribution in [2.75, 3.05) is 39.4 Å². The van der Waals surface area contributed by atoms with Gasteiger partial charge in [0.15, 0.2) is 5.96 Å². The lowest BCUT2D eigenvalue weighted by atomic mass is 10.1. The number of rotatable bonds is 11. The van der Waals surface area contributed by atoms with Crippen LogP contribution in [0, 0.1) is 0 Å². The molecule has 0 spiro atoms. The second-order valence-electron chi connectivity index (χ2n) is 6.18. The Morgan fingerprint density at radius 2 is 1.68 bits per heavy atom. The zero-order valence-corrected chi connectivity index (χ0v) is 17.5. The highest BCUT2D eigenvalue weighted by molar-refractivity contribution is 14.0. The molecular weight excluding hydrogens is 391 g/mol.